The fourth-order valence-electron chi connectivity index (χ4n) is 3.58. The lowest BCUT2D eigenvalue weighted by Gasteiger charge is -2.10. The molecule has 0 unspecified atom stereocenters. The first-order valence-corrected chi connectivity index (χ1v) is 10.0. The molecule has 1 N–H and O–H groups in total. The maximum absolute atomic E-state index is 4.69. The molecule has 148 valence electrons. The summed E-state index contributed by atoms with van der Waals surface area (Å²) >= 11 is 0. The molecule has 0 saturated heterocycles. The second kappa shape index (κ2) is 8.21. The van der Waals surface area contributed by atoms with Gasteiger partial charge in [0, 0.05) is 36.9 Å². The average molecular weight is 394 g/mol. The van der Waals surface area contributed by atoms with E-state index in [1.54, 1.807) is 6.20 Å². The third kappa shape index (κ3) is 3.80. The van der Waals surface area contributed by atoms with Gasteiger partial charge in [0.2, 0.25) is 0 Å². The Morgan fingerprint density at radius 1 is 0.833 bits per heavy atom. The molecule has 0 radical (unpaired) electrons. The molecule has 2 aromatic carbocycles. The van der Waals surface area contributed by atoms with Crippen LogP contribution in [-0.2, 0) is 19.5 Å². The van der Waals surface area contributed by atoms with E-state index in [9.17, 15) is 0 Å². The van der Waals surface area contributed by atoms with E-state index >= 15 is 0 Å². The molecule has 0 aliphatic carbocycles. The highest BCUT2D eigenvalue weighted by Gasteiger charge is 2.10. The smallest absolute Gasteiger partial charge is 0.152 e. The standard InChI is InChI=1S/C24H22N6/c1-3-7-19(8-4-1)11-14-29-15-12-25-23(29)18-27-24-22-17-21(20-9-5-2-6-10-20)28-30(22)16-13-26-24/h1-10,12-13,15-17H,11,14,18H2,(H,26,27). The highest BCUT2D eigenvalue weighted by atomic mass is 15.2. The summed E-state index contributed by atoms with van der Waals surface area (Å²) in [6, 6.07) is 22.7. The normalized spacial score (nSPS) is 11.1. The van der Waals surface area contributed by atoms with E-state index in [1.165, 1.54) is 5.56 Å². The Hall–Kier alpha value is -3.93. The van der Waals surface area contributed by atoms with Crippen molar-refractivity contribution in [2.45, 2.75) is 19.5 Å². The van der Waals surface area contributed by atoms with Gasteiger partial charge in [-0.1, -0.05) is 60.7 Å². The van der Waals surface area contributed by atoms with E-state index in [0.29, 0.717) is 6.54 Å². The lowest BCUT2D eigenvalue weighted by Crippen LogP contribution is -2.11. The molecule has 5 aromatic rings. The molecule has 5 rings (SSSR count). The molecule has 0 spiro atoms. The summed E-state index contributed by atoms with van der Waals surface area (Å²) in [7, 11) is 0. The summed E-state index contributed by atoms with van der Waals surface area (Å²) in [5, 5.41) is 8.12. The summed E-state index contributed by atoms with van der Waals surface area (Å²) in [6.07, 6.45) is 8.48. The monoisotopic (exact) mass is 394 g/mol. The van der Waals surface area contributed by atoms with Crippen LogP contribution in [0.1, 0.15) is 11.4 Å². The van der Waals surface area contributed by atoms with Crippen molar-refractivity contribution < 1.29 is 0 Å². The van der Waals surface area contributed by atoms with Gasteiger partial charge in [0.05, 0.1) is 12.2 Å². The zero-order valence-corrected chi connectivity index (χ0v) is 16.5. The van der Waals surface area contributed by atoms with E-state index in [-0.39, 0.29) is 0 Å². The number of benzene rings is 2. The molecule has 0 atom stereocenters. The minimum atomic E-state index is 0.598. The molecule has 6 heteroatoms. The molecule has 0 saturated carbocycles. The van der Waals surface area contributed by atoms with Crippen LogP contribution in [0.5, 0.6) is 0 Å². The van der Waals surface area contributed by atoms with Gasteiger partial charge in [-0.15, -0.1) is 0 Å². The van der Waals surface area contributed by atoms with Crippen LogP contribution in [0, 0.1) is 0 Å². The van der Waals surface area contributed by atoms with Gasteiger partial charge in [-0.3, -0.25) is 0 Å². The van der Waals surface area contributed by atoms with Crippen LogP contribution >= 0.6 is 0 Å². The molecular weight excluding hydrogens is 372 g/mol. The maximum Gasteiger partial charge on any atom is 0.152 e. The predicted molar refractivity (Wildman–Crippen MR) is 118 cm³/mol. The number of rotatable bonds is 7. The van der Waals surface area contributed by atoms with Crippen molar-refractivity contribution in [1.82, 2.24) is 24.1 Å². The Labute approximate surface area is 174 Å². The van der Waals surface area contributed by atoms with Crippen molar-refractivity contribution in [3.05, 3.63) is 103 Å². The minimum absolute atomic E-state index is 0.598. The van der Waals surface area contributed by atoms with Crippen molar-refractivity contribution in [2.75, 3.05) is 5.32 Å². The molecule has 0 bridgehead atoms. The molecule has 3 aromatic heterocycles. The van der Waals surface area contributed by atoms with Crippen LogP contribution in [0.25, 0.3) is 16.8 Å². The third-order valence-corrected chi connectivity index (χ3v) is 5.16. The first-order chi connectivity index (χ1) is 14.9. The molecule has 3 heterocycles. The highest BCUT2D eigenvalue weighted by molar-refractivity contribution is 5.74. The van der Waals surface area contributed by atoms with Crippen LogP contribution < -0.4 is 5.32 Å². The Morgan fingerprint density at radius 2 is 1.60 bits per heavy atom. The topological polar surface area (TPSA) is 60.0 Å². The van der Waals surface area contributed by atoms with Gasteiger partial charge in [0.25, 0.3) is 0 Å². The molecule has 30 heavy (non-hydrogen) atoms. The lowest BCUT2D eigenvalue weighted by atomic mass is 10.1. The van der Waals surface area contributed by atoms with Gasteiger partial charge < -0.3 is 9.88 Å². The average Bonchev–Trinajstić information content (AvgIpc) is 3.44. The molecule has 0 aliphatic heterocycles. The number of nitrogens with zero attached hydrogens (tertiary/aromatic N) is 5. The van der Waals surface area contributed by atoms with Gasteiger partial charge in [-0.2, -0.15) is 5.10 Å². The van der Waals surface area contributed by atoms with Gasteiger partial charge in [-0.25, -0.2) is 14.5 Å². The fourth-order valence-corrected chi connectivity index (χ4v) is 3.58. The maximum atomic E-state index is 4.69. The third-order valence-electron chi connectivity index (χ3n) is 5.16. The van der Waals surface area contributed by atoms with Crippen LogP contribution in [0.2, 0.25) is 0 Å². The van der Waals surface area contributed by atoms with Crippen molar-refractivity contribution in [3.8, 4) is 11.3 Å². The van der Waals surface area contributed by atoms with Gasteiger partial charge in [0.15, 0.2) is 5.82 Å². The number of imidazole rings is 1. The van der Waals surface area contributed by atoms with Crippen LogP contribution in [0.3, 0.4) is 0 Å². The molecule has 0 fully saturated rings. The number of hydrogen-bond donors (Lipinski definition) is 1. The first kappa shape index (κ1) is 18.1. The van der Waals surface area contributed by atoms with E-state index in [0.717, 1.165) is 41.4 Å². The Kier molecular flexibility index (Phi) is 4.96. The van der Waals surface area contributed by atoms with Crippen molar-refractivity contribution in [1.29, 1.82) is 0 Å². The number of aryl methyl sites for hydroxylation is 2. The number of aromatic nitrogens is 5. The Morgan fingerprint density at radius 3 is 2.43 bits per heavy atom. The van der Waals surface area contributed by atoms with E-state index in [1.807, 2.05) is 47.4 Å². The van der Waals surface area contributed by atoms with Gasteiger partial charge >= 0.3 is 0 Å². The summed E-state index contributed by atoms with van der Waals surface area (Å²) in [6.45, 7) is 1.49. The minimum Gasteiger partial charge on any atom is -0.361 e. The summed E-state index contributed by atoms with van der Waals surface area (Å²) < 4.78 is 4.05. The zero-order chi connectivity index (χ0) is 20.2. The highest BCUT2D eigenvalue weighted by Crippen LogP contribution is 2.23. The van der Waals surface area contributed by atoms with Crippen LogP contribution in [0.4, 0.5) is 5.82 Å². The Bertz CT molecular complexity index is 1240. The summed E-state index contributed by atoms with van der Waals surface area (Å²) in [4.78, 5) is 9.05. The van der Waals surface area contributed by atoms with Gasteiger partial charge in [0.1, 0.15) is 11.3 Å². The van der Waals surface area contributed by atoms with Crippen molar-refractivity contribution in [3.63, 3.8) is 0 Å². The second-order valence-corrected chi connectivity index (χ2v) is 7.13. The van der Waals surface area contributed by atoms with Gasteiger partial charge in [-0.05, 0) is 18.1 Å². The summed E-state index contributed by atoms with van der Waals surface area (Å²) in [5.41, 5.74) is 4.28. The quantitative estimate of drug-likeness (QED) is 0.443. The summed E-state index contributed by atoms with van der Waals surface area (Å²) in [5.74, 6) is 1.78. The van der Waals surface area contributed by atoms with Crippen LogP contribution in [0.15, 0.2) is 91.5 Å². The van der Waals surface area contributed by atoms with Crippen molar-refractivity contribution >= 4 is 11.3 Å². The number of hydrogen-bond acceptors (Lipinski definition) is 4. The second-order valence-electron chi connectivity index (χ2n) is 7.13. The van der Waals surface area contributed by atoms with Crippen LogP contribution in [-0.4, -0.2) is 24.1 Å². The molecule has 6 nitrogen and oxygen atoms in total. The lowest BCUT2D eigenvalue weighted by molar-refractivity contribution is 0.657. The predicted octanol–water partition coefficient (Wildman–Crippen LogP) is 4.45. The van der Waals surface area contributed by atoms with E-state index in [2.05, 4.69) is 67.4 Å². The van der Waals surface area contributed by atoms with E-state index < -0.39 is 0 Å². The van der Waals surface area contributed by atoms with Crippen molar-refractivity contribution in [2.24, 2.45) is 0 Å². The number of fused-ring (bicyclic) bond motifs is 1. The molecule has 0 aliphatic rings. The fraction of sp³-hybridized carbons (Fsp3) is 0.125. The molecular formula is C24H22N6. The largest absolute Gasteiger partial charge is 0.361 e. The number of anilines is 1. The first-order valence-electron chi connectivity index (χ1n) is 10.0. The number of nitrogens with one attached hydrogen (secondary N) is 1. The van der Waals surface area contributed by atoms with E-state index in [4.69, 9.17) is 0 Å². The molecule has 0 amide bonds. The Balaban J connectivity index is 1.32. The zero-order valence-electron chi connectivity index (χ0n) is 16.5. The SMILES string of the molecule is c1ccc(CCn2ccnc2CNc2nccn3nc(-c4ccccc4)cc23)cc1.